The van der Waals surface area contributed by atoms with E-state index >= 15 is 0 Å². The largest absolute Gasteiger partial charge is 0.386 e. The topological polar surface area (TPSA) is 66.4 Å². The fourth-order valence-electron chi connectivity index (χ4n) is 1.23. The van der Waals surface area contributed by atoms with E-state index in [4.69, 9.17) is 5.11 Å². The zero-order valence-corrected chi connectivity index (χ0v) is 10.2. The van der Waals surface area contributed by atoms with Crippen molar-refractivity contribution in [3.05, 3.63) is 29.6 Å². The first-order chi connectivity index (χ1) is 8.24. The fraction of sp³-hybridized carbons (Fsp3) is 0.400. The molecule has 1 atom stereocenters. The summed E-state index contributed by atoms with van der Waals surface area (Å²) in [4.78, 5) is -0.344. The van der Waals surface area contributed by atoms with E-state index in [0.717, 1.165) is 12.1 Å². The Morgan fingerprint density at radius 1 is 1.39 bits per heavy atom. The van der Waals surface area contributed by atoms with E-state index in [2.05, 4.69) is 0 Å². The van der Waals surface area contributed by atoms with Crippen LogP contribution in [0.25, 0.3) is 0 Å². The number of aliphatic hydroxyl groups is 1. The van der Waals surface area contributed by atoms with Crippen molar-refractivity contribution in [3.63, 3.8) is 0 Å². The highest BCUT2D eigenvalue weighted by Gasteiger charge is 2.22. The maximum atomic E-state index is 12.9. The lowest BCUT2D eigenvalue weighted by atomic mass is 10.2. The van der Waals surface area contributed by atoms with Gasteiger partial charge in [0.2, 0.25) is 10.0 Å². The van der Waals surface area contributed by atoms with E-state index in [1.807, 2.05) is 0 Å². The molecule has 2 N–H and O–H groups in total. The van der Waals surface area contributed by atoms with Gasteiger partial charge in [-0.25, -0.2) is 26.3 Å². The zero-order valence-electron chi connectivity index (χ0n) is 9.40. The lowest BCUT2D eigenvalue weighted by Gasteiger charge is -2.12. The summed E-state index contributed by atoms with van der Waals surface area (Å²) in [6.07, 6.45) is -5.16. The lowest BCUT2D eigenvalue weighted by Crippen LogP contribution is -2.36. The summed E-state index contributed by atoms with van der Waals surface area (Å²) >= 11 is 0. The second-order valence-electron chi connectivity index (χ2n) is 3.66. The van der Waals surface area contributed by atoms with Gasteiger partial charge in [0, 0.05) is 6.54 Å². The van der Waals surface area contributed by atoms with E-state index in [1.54, 1.807) is 4.72 Å². The molecule has 1 aromatic carbocycles. The molecule has 0 aliphatic heterocycles. The number of sulfonamides is 1. The zero-order chi connectivity index (χ0) is 13.9. The van der Waals surface area contributed by atoms with Crippen LogP contribution in [0.5, 0.6) is 0 Å². The molecule has 4 nitrogen and oxygen atoms in total. The molecule has 0 aromatic heterocycles. The van der Waals surface area contributed by atoms with E-state index in [1.165, 1.54) is 13.0 Å². The average Bonchev–Trinajstić information content (AvgIpc) is 2.29. The minimum Gasteiger partial charge on any atom is -0.386 e. The Balaban J connectivity index is 2.90. The van der Waals surface area contributed by atoms with Gasteiger partial charge in [-0.3, -0.25) is 0 Å². The molecule has 0 spiro atoms. The first-order valence-corrected chi connectivity index (χ1v) is 6.44. The predicted octanol–water partition coefficient (Wildman–Crippen LogP) is 1.04. The van der Waals surface area contributed by atoms with Crippen molar-refractivity contribution in [2.75, 3.05) is 6.54 Å². The smallest absolute Gasteiger partial charge is 0.265 e. The van der Waals surface area contributed by atoms with Gasteiger partial charge in [-0.2, -0.15) is 0 Å². The van der Waals surface area contributed by atoms with Gasteiger partial charge in [0.25, 0.3) is 6.43 Å². The van der Waals surface area contributed by atoms with Gasteiger partial charge in [0.1, 0.15) is 11.9 Å². The molecule has 0 bridgehead atoms. The number of rotatable bonds is 5. The predicted molar refractivity (Wildman–Crippen MR) is 58.3 cm³/mol. The third kappa shape index (κ3) is 3.69. The quantitative estimate of drug-likeness (QED) is 0.848. The van der Waals surface area contributed by atoms with Crippen molar-refractivity contribution in [2.24, 2.45) is 0 Å². The van der Waals surface area contributed by atoms with E-state index < -0.39 is 34.9 Å². The van der Waals surface area contributed by atoms with Crippen LogP contribution >= 0.6 is 0 Å². The monoisotopic (exact) mass is 283 g/mol. The first kappa shape index (κ1) is 14.9. The number of nitrogens with one attached hydrogen (secondary N) is 1. The molecule has 1 rings (SSSR count). The summed E-state index contributed by atoms with van der Waals surface area (Å²) in [5, 5.41) is 8.81. The second kappa shape index (κ2) is 5.68. The number of alkyl halides is 2. The van der Waals surface area contributed by atoms with Crippen LogP contribution in [-0.2, 0) is 10.0 Å². The third-order valence-corrected chi connectivity index (χ3v) is 3.78. The van der Waals surface area contributed by atoms with E-state index in [0.29, 0.717) is 0 Å². The fourth-order valence-corrected chi connectivity index (χ4v) is 2.53. The summed E-state index contributed by atoms with van der Waals surface area (Å²) < 4.78 is 62.1. The van der Waals surface area contributed by atoms with Gasteiger partial charge in [-0.1, -0.05) is 6.07 Å². The van der Waals surface area contributed by atoms with Gasteiger partial charge < -0.3 is 5.11 Å². The molecule has 0 fully saturated rings. The van der Waals surface area contributed by atoms with Crippen molar-refractivity contribution in [1.82, 2.24) is 4.72 Å². The van der Waals surface area contributed by atoms with Crippen LogP contribution in [0, 0.1) is 12.7 Å². The molecule has 1 aromatic rings. The number of hydrogen-bond acceptors (Lipinski definition) is 3. The highest BCUT2D eigenvalue weighted by Crippen LogP contribution is 2.16. The van der Waals surface area contributed by atoms with Gasteiger partial charge >= 0.3 is 0 Å². The Morgan fingerprint density at radius 3 is 2.56 bits per heavy atom. The van der Waals surface area contributed by atoms with Crippen molar-refractivity contribution in [3.8, 4) is 0 Å². The number of aryl methyl sites for hydroxylation is 1. The Hall–Kier alpha value is -1.12. The third-order valence-electron chi connectivity index (χ3n) is 2.21. The highest BCUT2D eigenvalue weighted by atomic mass is 32.2. The molecule has 1 unspecified atom stereocenters. The normalized spacial score (nSPS) is 13.9. The molecule has 0 saturated carbocycles. The molecule has 0 amide bonds. The maximum absolute atomic E-state index is 12.9. The van der Waals surface area contributed by atoms with Crippen LogP contribution < -0.4 is 4.72 Å². The molecule has 0 saturated heterocycles. The molecular formula is C10H12F3NO3S. The first-order valence-electron chi connectivity index (χ1n) is 4.96. The highest BCUT2D eigenvalue weighted by molar-refractivity contribution is 7.89. The summed E-state index contributed by atoms with van der Waals surface area (Å²) in [5.41, 5.74) is 0.274. The van der Waals surface area contributed by atoms with Crippen LogP contribution in [0.2, 0.25) is 0 Å². The van der Waals surface area contributed by atoms with Gasteiger partial charge in [0.05, 0.1) is 4.90 Å². The molecule has 18 heavy (non-hydrogen) atoms. The molecule has 0 aliphatic carbocycles. The number of aliphatic hydroxyl groups excluding tert-OH is 1. The van der Waals surface area contributed by atoms with Crippen LogP contribution in [0.3, 0.4) is 0 Å². The summed E-state index contributed by atoms with van der Waals surface area (Å²) in [7, 11) is -4.13. The lowest BCUT2D eigenvalue weighted by molar-refractivity contribution is -0.000452. The molecule has 8 heteroatoms. The van der Waals surface area contributed by atoms with Crippen LogP contribution in [0.4, 0.5) is 13.2 Å². The van der Waals surface area contributed by atoms with Crippen LogP contribution in [-0.4, -0.2) is 32.6 Å². The van der Waals surface area contributed by atoms with Crippen LogP contribution in [0.15, 0.2) is 23.1 Å². The standard InChI is InChI=1S/C10H12F3NO3S/c1-6-2-3-7(11)4-9(6)18(16,17)14-5-8(15)10(12)13/h2-4,8,10,14-15H,5H2,1H3. The van der Waals surface area contributed by atoms with E-state index in [-0.39, 0.29) is 10.5 Å². The number of hydrogen-bond donors (Lipinski definition) is 2. The van der Waals surface area contributed by atoms with Crippen molar-refractivity contribution in [1.29, 1.82) is 0 Å². The average molecular weight is 283 g/mol. The van der Waals surface area contributed by atoms with Crippen LogP contribution in [0.1, 0.15) is 5.56 Å². The Kier molecular flexibility index (Phi) is 4.71. The summed E-state index contributed by atoms with van der Waals surface area (Å²) in [6.45, 7) is 0.605. The Morgan fingerprint density at radius 2 is 2.00 bits per heavy atom. The Bertz CT molecular complexity index is 519. The SMILES string of the molecule is Cc1ccc(F)cc1S(=O)(=O)NCC(O)C(F)F. The van der Waals surface area contributed by atoms with Crippen molar-refractivity contribution < 1.29 is 26.7 Å². The molecule has 0 heterocycles. The minimum absolute atomic E-state index is 0.274. The van der Waals surface area contributed by atoms with Crippen molar-refractivity contribution in [2.45, 2.75) is 24.3 Å². The van der Waals surface area contributed by atoms with E-state index in [9.17, 15) is 21.6 Å². The molecular weight excluding hydrogens is 271 g/mol. The van der Waals surface area contributed by atoms with Crippen molar-refractivity contribution >= 4 is 10.0 Å². The summed E-state index contributed by atoms with van der Waals surface area (Å²) in [5.74, 6) is -0.754. The molecule has 0 aliphatic rings. The van der Waals surface area contributed by atoms with Gasteiger partial charge in [-0.15, -0.1) is 0 Å². The Labute approximate surface area is 102 Å². The molecule has 0 radical (unpaired) electrons. The molecule has 102 valence electrons. The van der Waals surface area contributed by atoms with Gasteiger partial charge in [0.15, 0.2) is 0 Å². The maximum Gasteiger partial charge on any atom is 0.265 e. The second-order valence-corrected chi connectivity index (χ2v) is 5.40. The van der Waals surface area contributed by atoms with Gasteiger partial charge in [-0.05, 0) is 24.6 Å². The number of halogens is 3. The number of benzene rings is 1. The minimum atomic E-state index is -4.13. The summed E-state index contributed by atoms with van der Waals surface area (Å²) in [6, 6.07) is 3.13.